The molecule has 1 amide bonds. The number of methoxy groups -OCH3 is 1. The Morgan fingerprint density at radius 2 is 1.76 bits per heavy atom. The molecule has 0 aliphatic carbocycles. The molecule has 2 heterocycles. The molecule has 0 radical (unpaired) electrons. The Labute approximate surface area is 201 Å². The van der Waals surface area contributed by atoms with Crippen LogP contribution in [0.2, 0.25) is 0 Å². The van der Waals surface area contributed by atoms with Gasteiger partial charge in [0.05, 0.1) is 12.7 Å². The Hall–Kier alpha value is -2.85. The van der Waals surface area contributed by atoms with Gasteiger partial charge in [-0.2, -0.15) is 4.31 Å². The van der Waals surface area contributed by atoms with Crippen molar-refractivity contribution < 1.29 is 27.5 Å². The highest BCUT2D eigenvalue weighted by Gasteiger charge is 2.29. The van der Waals surface area contributed by atoms with Crippen LogP contribution in [0.25, 0.3) is 0 Å². The number of hydrogen-bond acceptors (Lipinski definition) is 6. The van der Waals surface area contributed by atoms with Crippen LogP contribution in [-0.4, -0.2) is 56.0 Å². The summed E-state index contributed by atoms with van der Waals surface area (Å²) < 4.78 is 40.2. The first-order chi connectivity index (χ1) is 16.1. The van der Waals surface area contributed by atoms with Gasteiger partial charge in [-0.15, -0.1) is 0 Å². The molecular formula is C24H33N3O6S. The molecule has 1 N–H and O–H groups in total. The first-order valence-corrected chi connectivity index (χ1v) is 12.8. The average Bonchev–Trinajstić information content (AvgIpc) is 3.12. The van der Waals surface area contributed by atoms with Gasteiger partial charge in [0.25, 0.3) is 5.91 Å². The van der Waals surface area contributed by atoms with Crippen LogP contribution in [-0.2, 0) is 19.6 Å². The highest BCUT2D eigenvalue weighted by atomic mass is 32.2. The van der Waals surface area contributed by atoms with Gasteiger partial charge in [0.2, 0.25) is 10.0 Å². The summed E-state index contributed by atoms with van der Waals surface area (Å²) >= 11 is 0. The van der Waals surface area contributed by atoms with E-state index in [4.69, 9.17) is 9.47 Å². The molecule has 0 atom stereocenters. The zero-order chi connectivity index (χ0) is 25.0. The monoisotopic (exact) mass is 491 g/mol. The molecule has 1 fully saturated rings. The number of aryl methyl sites for hydroxylation is 1. The maximum atomic E-state index is 13.1. The summed E-state index contributed by atoms with van der Waals surface area (Å²) in [6.45, 7) is 8.21. The third-order valence-corrected chi connectivity index (χ3v) is 7.86. The molecular weight excluding hydrogens is 458 g/mol. The van der Waals surface area contributed by atoms with Crippen molar-refractivity contribution in [1.82, 2.24) is 8.87 Å². The Kier molecular flexibility index (Phi) is 8.04. The number of anilines is 1. The lowest BCUT2D eigenvalue weighted by Gasteiger charge is -2.26. The number of sulfonamides is 1. The van der Waals surface area contributed by atoms with Crippen molar-refractivity contribution in [3.63, 3.8) is 0 Å². The molecule has 0 bridgehead atoms. The van der Waals surface area contributed by atoms with E-state index in [-0.39, 0.29) is 22.4 Å². The average molecular weight is 492 g/mol. The fourth-order valence-corrected chi connectivity index (χ4v) is 6.08. The Balaban J connectivity index is 1.70. The topological polar surface area (TPSA) is 107 Å². The van der Waals surface area contributed by atoms with Gasteiger partial charge in [-0.3, -0.25) is 4.79 Å². The number of piperidine rings is 1. The lowest BCUT2D eigenvalue weighted by atomic mass is 10.2. The number of nitrogens with one attached hydrogen (secondary N) is 1. The van der Waals surface area contributed by atoms with Gasteiger partial charge in [0.15, 0.2) is 6.61 Å². The lowest BCUT2D eigenvalue weighted by molar-refractivity contribution is -0.119. The number of carbonyl (C=O) groups is 2. The third kappa shape index (κ3) is 5.44. The molecule has 1 aliphatic rings. The van der Waals surface area contributed by atoms with Crippen molar-refractivity contribution in [2.24, 2.45) is 0 Å². The molecule has 2 aromatic rings. The SMILES string of the molecule is COc1ccc(NC(=O)COC(=O)c2cc(C)n(C(C)C)c2C)cc1S(=O)(=O)N1CCCCC1. The summed E-state index contributed by atoms with van der Waals surface area (Å²) in [6.07, 6.45) is 2.62. The standard InChI is InChI=1S/C24H33N3O6S/c1-16(2)27-17(3)13-20(18(27)4)24(29)33-15-23(28)25-19-9-10-21(32-5)22(14-19)34(30,31)26-11-7-6-8-12-26/h9-10,13-14,16H,6-8,11-12,15H2,1-5H3,(H,25,28). The predicted molar refractivity (Wildman–Crippen MR) is 129 cm³/mol. The number of amides is 1. The largest absolute Gasteiger partial charge is 0.495 e. The predicted octanol–water partition coefficient (Wildman–Crippen LogP) is 3.66. The van der Waals surface area contributed by atoms with Crippen LogP contribution < -0.4 is 10.1 Å². The maximum Gasteiger partial charge on any atom is 0.340 e. The molecule has 1 aromatic carbocycles. The van der Waals surface area contributed by atoms with Crippen molar-refractivity contribution in [2.75, 3.05) is 32.1 Å². The second-order valence-electron chi connectivity index (χ2n) is 8.70. The molecule has 0 saturated carbocycles. The number of ether oxygens (including phenoxy) is 2. The number of hydrogen-bond donors (Lipinski definition) is 1. The van der Waals surface area contributed by atoms with E-state index in [2.05, 4.69) is 5.32 Å². The summed E-state index contributed by atoms with van der Waals surface area (Å²) in [6, 6.07) is 6.36. The van der Waals surface area contributed by atoms with Crippen LogP contribution in [0.1, 0.15) is 60.9 Å². The van der Waals surface area contributed by atoms with Gasteiger partial charge in [-0.1, -0.05) is 6.42 Å². The smallest absolute Gasteiger partial charge is 0.340 e. The number of esters is 1. The Bertz CT molecular complexity index is 1160. The van der Waals surface area contributed by atoms with E-state index in [0.717, 1.165) is 30.7 Å². The van der Waals surface area contributed by atoms with Gasteiger partial charge >= 0.3 is 5.97 Å². The van der Waals surface area contributed by atoms with Crippen LogP contribution >= 0.6 is 0 Å². The number of carbonyl (C=O) groups excluding carboxylic acids is 2. The summed E-state index contributed by atoms with van der Waals surface area (Å²) in [7, 11) is -2.37. The van der Waals surface area contributed by atoms with Crippen LogP contribution in [0.3, 0.4) is 0 Å². The first kappa shape index (κ1) is 25.8. The third-order valence-electron chi connectivity index (χ3n) is 5.94. The van der Waals surface area contributed by atoms with Gasteiger partial charge in [0.1, 0.15) is 10.6 Å². The normalized spacial score (nSPS) is 14.8. The lowest BCUT2D eigenvalue weighted by Crippen LogP contribution is -2.35. The summed E-state index contributed by atoms with van der Waals surface area (Å²) in [5.41, 5.74) is 2.40. The minimum absolute atomic E-state index is 0.00665. The van der Waals surface area contributed by atoms with Gasteiger partial charge in [-0.25, -0.2) is 13.2 Å². The van der Waals surface area contributed by atoms with E-state index in [1.165, 1.54) is 23.5 Å². The second kappa shape index (κ2) is 10.6. The van der Waals surface area contributed by atoms with Crippen molar-refractivity contribution in [1.29, 1.82) is 0 Å². The van der Waals surface area contributed by atoms with Crippen molar-refractivity contribution >= 4 is 27.6 Å². The molecule has 3 rings (SSSR count). The Morgan fingerprint density at radius 1 is 1.09 bits per heavy atom. The summed E-state index contributed by atoms with van der Waals surface area (Å²) in [5, 5.41) is 2.61. The number of aromatic nitrogens is 1. The van der Waals surface area contributed by atoms with Crippen molar-refractivity contribution in [3.8, 4) is 5.75 Å². The van der Waals surface area contributed by atoms with E-state index < -0.39 is 28.5 Å². The molecule has 0 spiro atoms. The van der Waals surface area contributed by atoms with Gasteiger partial charge in [-0.05, 0) is 64.8 Å². The highest BCUT2D eigenvalue weighted by molar-refractivity contribution is 7.89. The highest BCUT2D eigenvalue weighted by Crippen LogP contribution is 2.31. The zero-order valence-electron chi connectivity index (χ0n) is 20.4. The molecule has 186 valence electrons. The molecule has 1 aliphatic heterocycles. The number of rotatable bonds is 8. The molecule has 34 heavy (non-hydrogen) atoms. The minimum atomic E-state index is -3.77. The summed E-state index contributed by atoms with van der Waals surface area (Å²) in [5.74, 6) is -0.953. The van der Waals surface area contributed by atoms with E-state index in [9.17, 15) is 18.0 Å². The fourth-order valence-electron chi connectivity index (χ4n) is 4.38. The minimum Gasteiger partial charge on any atom is -0.495 e. The fraction of sp³-hybridized carbons (Fsp3) is 0.500. The van der Waals surface area contributed by atoms with Crippen molar-refractivity contribution in [3.05, 3.63) is 41.2 Å². The first-order valence-electron chi connectivity index (χ1n) is 11.4. The van der Waals surface area contributed by atoms with Crippen LogP contribution in [0.15, 0.2) is 29.2 Å². The van der Waals surface area contributed by atoms with Gasteiger partial charge in [0, 0.05) is 36.2 Å². The molecule has 10 heteroatoms. The van der Waals surface area contributed by atoms with Crippen molar-refractivity contribution in [2.45, 2.75) is 57.9 Å². The maximum absolute atomic E-state index is 13.1. The van der Waals surface area contributed by atoms with E-state index in [1.54, 1.807) is 12.1 Å². The molecule has 1 saturated heterocycles. The van der Waals surface area contributed by atoms with Gasteiger partial charge < -0.3 is 19.4 Å². The second-order valence-corrected chi connectivity index (χ2v) is 10.6. The quantitative estimate of drug-likeness (QED) is 0.565. The van der Waals surface area contributed by atoms with Crippen LogP contribution in [0, 0.1) is 13.8 Å². The van der Waals surface area contributed by atoms with E-state index >= 15 is 0 Å². The van der Waals surface area contributed by atoms with Crippen LogP contribution in [0.4, 0.5) is 5.69 Å². The molecule has 9 nitrogen and oxygen atoms in total. The van der Waals surface area contributed by atoms with E-state index in [0.29, 0.717) is 18.7 Å². The summed E-state index contributed by atoms with van der Waals surface area (Å²) in [4.78, 5) is 25.0. The molecule has 0 unspecified atom stereocenters. The number of nitrogens with zero attached hydrogens (tertiary/aromatic N) is 2. The zero-order valence-corrected chi connectivity index (χ0v) is 21.2. The molecule has 1 aromatic heterocycles. The Morgan fingerprint density at radius 3 is 2.35 bits per heavy atom. The van der Waals surface area contributed by atoms with Crippen LogP contribution in [0.5, 0.6) is 5.75 Å². The van der Waals surface area contributed by atoms with E-state index in [1.807, 2.05) is 32.3 Å². The number of benzene rings is 1.